The molecule has 0 bridgehead atoms. The molecule has 152 valence electrons. The fourth-order valence-corrected chi connectivity index (χ4v) is 3.23. The van der Waals surface area contributed by atoms with Gasteiger partial charge < -0.3 is 9.15 Å². The first-order valence-electron chi connectivity index (χ1n) is 9.68. The summed E-state index contributed by atoms with van der Waals surface area (Å²) in [5.74, 6) is 0.00457. The standard InChI is InChI=1S/C23H17N5O3/c1-15(21-26-27-22(31-21)17-10-6-3-7-11-17)30-23(29)18-14-25-28-19(12-13-24-20(18)28)16-8-4-2-5-9-16/h2-15H,1H3. The molecular formula is C23H17N5O3. The van der Waals surface area contributed by atoms with Gasteiger partial charge in [-0.05, 0) is 25.1 Å². The number of esters is 1. The van der Waals surface area contributed by atoms with Gasteiger partial charge in [0, 0.05) is 17.3 Å². The minimum absolute atomic E-state index is 0.210. The molecule has 0 spiro atoms. The largest absolute Gasteiger partial charge is 0.449 e. The number of fused-ring (bicyclic) bond motifs is 1. The number of nitrogens with zero attached hydrogens (tertiary/aromatic N) is 5. The lowest BCUT2D eigenvalue weighted by molar-refractivity contribution is 0.0282. The van der Waals surface area contributed by atoms with Crippen LogP contribution in [0.1, 0.15) is 29.3 Å². The van der Waals surface area contributed by atoms with E-state index in [1.54, 1.807) is 17.6 Å². The highest BCUT2D eigenvalue weighted by Gasteiger charge is 2.23. The van der Waals surface area contributed by atoms with Crippen LogP contribution in [0.3, 0.4) is 0 Å². The Bertz CT molecular complexity index is 1350. The van der Waals surface area contributed by atoms with E-state index in [1.165, 1.54) is 6.20 Å². The van der Waals surface area contributed by atoms with Crippen LogP contribution in [0.25, 0.3) is 28.4 Å². The molecule has 8 heteroatoms. The van der Waals surface area contributed by atoms with Gasteiger partial charge in [-0.25, -0.2) is 14.3 Å². The van der Waals surface area contributed by atoms with E-state index >= 15 is 0 Å². The van der Waals surface area contributed by atoms with Gasteiger partial charge in [-0.2, -0.15) is 5.10 Å². The first kappa shape index (κ1) is 18.7. The maximum atomic E-state index is 12.8. The summed E-state index contributed by atoms with van der Waals surface area (Å²) in [5.41, 5.74) is 3.24. The van der Waals surface area contributed by atoms with Gasteiger partial charge in [0.1, 0.15) is 5.56 Å². The number of carbonyl (C=O) groups excluding carboxylic acids is 1. The van der Waals surface area contributed by atoms with Crippen LogP contribution in [0.15, 0.2) is 83.5 Å². The summed E-state index contributed by atoms with van der Waals surface area (Å²) < 4.78 is 12.9. The number of rotatable bonds is 5. The lowest BCUT2D eigenvalue weighted by Crippen LogP contribution is -2.10. The van der Waals surface area contributed by atoms with Crippen molar-refractivity contribution in [3.63, 3.8) is 0 Å². The third kappa shape index (κ3) is 3.55. The third-order valence-corrected chi connectivity index (χ3v) is 4.78. The van der Waals surface area contributed by atoms with Crippen molar-refractivity contribution >= 4 is 11.6 Å². The lowest BCUT2D eigenvalue weighted by atomic mass is 10.1. The van der Waals surface area contributed by atoms with Gasteiger partial charge in [0.2, 0.25) is 5.89 Å². The SMILES string of the molecule is CC(OC(=O)c1cnn2c(-c3ccccc3)ccnc12)c1nnc(-c2ccccc2)o1. The summed E-state index contributed by atoms with van der Waals surface area (Å²) in [6.07, 6.45) is 2.36. The number of benzene rings is 2. The van der Waals surface area contributed by atoms with Crippen molar-refractivity contribution in [2.75, 3.05) is 0 Å². The predicted octanol–water partition coefficient (Wildman–Crippen LogP) is 4.36. The first-order chi connectivity index (χ1) is 15.2. The van der Waals surface area contributed by atoms with Crippen LogP contribution in [0.2, 0.25) is 0 Å². The summed E-state index contributed by atoms with van der Waals surface area (Å²) in [5, 5.41) is 12.4. The molecule has 2 aromatic carbocycles. The van der Waals surface area contributed by atoms with Gasteiger partial charge in [-0.3, -0.25) is 0 Å². The van der Waals surface area contributed by atoms with E-state index in [2.05, 4.69) is 20.3 Å². The molecule has 1 unspecified atom stereocenters. The molecule has 8 nitrogen and oxygen atoms in total. The second-order valence-corrected chi connectivity index (χ2v) is 6.85. The normalized spacial score (nSPS) is 12.0. The van der Waals surface area contributed by atoms with Gasteiger partial charge in [-0.1, -0.05) is 48.5 Å². The minimum Gasteiger partial charge on any atom is -0.449 e. The fourth-order valence-electron chi connectivity index (χ4n) is 3.23. The Morgan fingerprint density at radius 1 is 0.968 bits per heavy atom. The van der Waals surface area contributed by atoms with Gasteiger partial charge in [0.25, 0.3) is 5.89 Å². The van der Waals surface area contributed by atoms with E-state index < -0.39 is 12.1 Å². The van der Waals surface area contributed by atoms with Gasteiger partial charge in [-0.15, -0.1) is 10.2 Å². The highest BCUT2D eigenvalue weighted by Crippen LogP contribution is 2.25. The van der Waals surface area contributed by atoms with Crippen molar-refractivity contribution in [1.82, 2.24) is 24.8 Å². The van der Waals surface area contributed by atoms with Crippen molar-refractivity contribution < 1.29 is 13.9 Å². The molecule has 0 aliphatic rings. The molecule has 31 heavy (non-hydrogen) atoms. The maximum absolute atomic E-state index is 12.8. The quantitative estimate of drug-likeness (QED) is 0.396. The highest BCUT2D eigenvalue weighted by molar-refractivity contribution is 5.96. The lowest BCUT2D eigenvalue weighted by Gasteiger charge is -2.08. The van der Waals surface area contributed by atoms with Gasteiger partial charge in [0.05, 0.1) is 11.9 Å². The molecule has 0 amide bonds. The molecule has 0 fully saturated rings. The Kier molecular flexibility index (Phi) is 4.72. The highest BCUT2D eigenvalue weighted by atomic mass is 16.6. The smallest absolute Gasteiger partial charge is 0.344 e. The number of hydrogen-bond donors (Lipinski definition) is 0. The number of aromatic nitrogens is 5. The maximum Gasteiger partial charge on any atom is 0.344 e. The number of carbonyl (C=O) groups is 1. The number of ether oxygens (including phenoxy) is 1. The first-order valence-corrected chi connectivity index (χ1v) is 9.68. The van der Waals surface area contributed by atoms with Gasteiger partial charge >= 0.3 is 5.97 Å². The molecule has 3 heterocycles. The number of hydrogen-bond acceptors (Lipinski definition) is 7. The van der Waals surface area contributed by atoms with Crippen LogP contribution in [0.5, 0.6) is 0 Å². The molecule has 0 N–H and O–H groups in total. The van der Waals surface area contributed by atoms with E-state index in [1.807, 2.05) is 66.7 Å². The summed E-state index contributed by atoms with van der Waals surface area (Å²) >= 11 is 0. The molecule has 0 aliphatic carbocycles. The molecule has 0 aliphatic heterocycles. The van der Waals surface area contributed by atoms with Crippen LogP contribution in [-0.2, 0) is 4.74 Å². The molecule has 5 rings (SSSR count). The summed E-state index contributed by atoms with van der Waals surface area (Å²) in [6, 6.07) is 21.0. The van der Waals surface area contributed by atoms with E-state index in [9.17, 15) is 4.79 Å². The third-order valence-electron chi connectivity index (χ3n) is 4.78. The van der Waals surface area contributed by atoms with E-state index in [0.717, 1.165) is 16.8 Å². The second kappa shape index (κ2) is 7.83. The van der Waals surface area contributed by atoms with E-state index in [4.69, 9.17) is 9.15 Å². The van der Waals surface area contributed by atoms with Crippen LogP contribution in [-0.4, -0.2) is 30.8 Å². The van der Waals surface area contributed by atoms with Crippen molar-refractivity contribution in [3.05, 3.63) is 90.6 Å². The Morgan fingerprint density at radius 2 is 1.68 bits per heavy atom. The van der Waals surface area contributed by atoms with Crippen LogP contribution in [0, 0.1) is 0 Å². The van der Waals surface area contributed by atoms with Crippen molar-refractivity contribution in [1.29, 1.82) is 0 Å². The zero-order valence-electron chi connectivity index (χ0n) is 16.5. The van der Waals surface area contributed by atoms with Crippen molar-refractivity contribution in [3.8, 4) is 22.7 Å². The predicted molar refractivity (Wildman–Crippen MR) is 112 cm³/mol. The molecule has 3 aromatic heterocycles. The van der Waals surface area contributed by atoms with Crippen LogP contribution >= 0.6 is 0 Å². The Labute approximate surface area is 177 Å². The summed E-state index contributed by atoms with van der Waals surface area (Å²) in [4.78, 5) is 17.1. The molecule has 0 radical (unpaired) electrons. The van der Waals surface area contributed by atoms with Crippen LogP contribution in [0.4, 0.5) is 0 Å². The summed E-state index contributed by atoms with van der Waals surface area (Å²) in [6.45, 7) is 1.68. The monoisotopic (exact) mass is 411 g/mol. The molecule has 0 saturated heterocycles. The van der Waals surface area contributed by atoms with E-state index in [0.29, 0.717) is 11.5 Å². The molecule has 5 aromatic rings. The zero-order valence-corrected chi connectivity index (χ0v) is 16.5. The Balaban J connectivity index is 1.39. The van der Waals surface area contributed by atoms with E-state index in [-0.39, 0.29) is 11.5 Å². The zero-order chi connectivity index (χ0) is 21.2. The van der Waals surface area contributed by atoms with Gasteiger partial charge in [0.15, 0.2) is 11.8 Å². The average Bonchev–Trinajstić information content (AvgIpc) is 3.48. The topological polar surface area (TPSA) is 95.4 Å². The average molecular weight is 411 g/mol. The second-order valence-electron chi connectivity index (χ2n) is 6.85. The van der Waals surface area contributed by atoms with Crippen LogP contribution < -0.4 is 0 Å². The molecule has 1 atom stereocenters. The molecule has 0 saturated carbocycles. The molecular weight excluding hydrogens is 394 g/mol. The summed E-state index contributed by atoms with van der Waals surface area (Å²) in [7, 11) is 0. The Morgan fingerprint density at radius 3 is 2.42 bits per heavy atom. The van der Waals surface area contributed by atoms with Crippen molar-refractivity contribution in [2.45, 2.75) is 13.0 Å². The Hall–Kier alpha value is -4.33. The minimum atomic E-state index is -0.732. The fraction of sp³-hybridized carbons (Fsp3) is 0.0870. The van der Waals surface area contributed by atoms with Crippen molar-refractivity contribution in [2.24, 2.45) is 0 Å².